The Balaban J connectivity index is 1.65. The molecule has 1 aliphatic carbocycles. The number of benzene rings is 1. The van der Waals surface area contributed by atoms with Crippen LogP contribution in [0.15, 0.2) is 55.0 Å². The number of hydrogen-bond acceptors (Lipinski definition) is 5. The van der Waals surface area contributed by atoms with E-state index in [2.05, 4.69) is 20.6 Å². The maximum absolute atomic E-state index is 12.3. The van der Waals surface area contributed by atoms with Gasteiger partial charge in [0.15, 0.2) is 0 Å². The number of amides is 1. The Hall–Kier alpha value is -2.73. The molecule has 2 aromatic rings. The van der Waals surface area contributed by atoms with Crippen LogP contribution in [-0.2, 0) is 0 Å². The highest BCUT2D eigenvalue weighted by Crippen LogP contribution is 2.19. The average Bonchev–Trinajstić information content (AvgIpc) is 3.03. The van der Waals surface area contributed by atoms with Crippen molar-refractivity contribution in [3.05, 3.63) is 60.6 Å². The molecule has 2 atom stereocenters. The Kier molecular flexibility index (Phi) is 4.63. The average molecular weight is 310 g/mol. The lowest BCUT2D eigenvalue weighted by Crippen LogP contribution is -2.32. The van der Waals surface area contributed by atoms with Crippen LogP contribution in [0.3, 0.4) is 0 Å². The van der Waals surface area contributed by atoms with Gasteiger partial charge in [-0.15, -0.1) is 0 Å². The minimum absolute atomic E-state index is 0.0312. The number of nitrogens with zero attached hydrogens (tertiary/aromatic N) is 2. The van der Waals surface area contributed by atoms with Gasteiger partial charge in [-0.1, -0.05) is 18.2 Å². The van der Waals surface area contributed by atoms with Crippen LogP contribution in [0.4, 0.5) is 11.5 Å². The molecule has 0 fully saturated rings. The van der Waals surface area contributed by atoms with Gasteiger partial charge < -0.3 is 15.7 Å². The monoisotopic (exact) mass is 310 g/mol. The zero-order chi connectivity index (χ0) is 16.1. The van der Waals surface area contributed by atoms with Crippen molar-refractivity contribution < 1.29 is 9.90 Å². The Morgan fingerprint density at radius 2 is 2.22 bits per heavy atom. The van der Waals surface area contributed by atoms with E-state index in [1.165, 1.54) is 0 Å². The maximum Gasteiger partial charge on any atom is 0.251 e. The summed E-state index contributed by atoms with van der Waals surface area (Å²) in [5.41, 5.74) is 1.34. The van der Waals surface area contributed by atoms with Crippen LogP contribution >= 0.6 is 0 Å². The highest BCUT2D eigenvalue weighted by molar-refractivity contribution is 5.95. The van der Waals surface area contributed by atoms with Gasteiger partial charge in [0, 0.05) is 42.2 Å². The van der Waals surface area contributed by atoms with Crippen LogP contribution in [0.25, 0.3) is 0 Å². The summed E-state index contributed by atoms with van der Waals surface area (Å²) >= 11 is 0. The standard InChI is InChI=1S/C17H18N4O2/c22-11-12-4-5-15(8-12)21-17(23)13-2-1-3-14(9-13)20-16-10-18-6-7-19-16/h1-7,9-10,12,15,22H,8,11H2,(H,19,20)(H,21,23)/t12-,15+/m0/s1. The Morgan fingerprint density at radius 1 is 1.30 bits per heavy atom. The molecule has 0 saturated heterocycles. The van der Waals surface area contributed by atoms with E-state index in [-0.39, 0.29) is 24.5 Å². The van der Waals surface area contributed by atoms with Crippen molar-refractivity contribution in [2.24, 2.45) is 5.92 Å². The number of carbonyl (C=O) groups excluding carboxylic acids is 1. The molecule has 6 nitrogen and oxygen atoms in total. The molecule has 0 bridgehead atoms. The van der Waals surface area contributed by atoms with E-state index in [0.717, 1.165) is 12.1 Å². The zero-order valence-electron chi connectivity index (χ0n) is 12.5. The third kappa shape index (κ3) is 3.92. The van der Waals surface area contributed by atoms with E-state index in [4.69, 9.17) is 5.11 Å². The van der Waals surface area contributed by atoms with Gasteiger partial charge in [0.1, 0.15) is 5.82 Å². The van der Waals surface area contributed by atoms with E-state index < -0.39 is 0 Å². The fourth-order valence-electron chi connectivity index (χ4n) is 2.52. The number of aromatic nitrogens is 2. The first-order valence-corrected chi connectivity index (χ1v) is 7.48. The van der Waals surface area contributed by atoms with E-state index in [1.807, 2.05) is 24.3 Å². The van der Waals surface area contributed by atoms with Gasteiger partial charge in [0.25, 0.3) is 5.91 Å². The van der Waals surface area contributed by atoms with Crippen molar-refractivity contribution in [3.8, 4) is 0 Å². The molecule has 0 radical (unpaired) electrons. The summed E-state index contributed by atoms with van der Waals surface area (Å²) in [4.78, 5) is 20.5. The van der Waals surface area contributed by atoms with Gasteiger partial charge in [-0.2, -0.15) is 0 Å². The fraction of sp³-hybridized carbons (Fsp3) is 0.235. The van der Waals surface area contributed by atoms with E-state index in [0.29, 0.717) is 11.4 Å². The molecule has 0 saturated carbocycles. The number of carbonyl (C=O) groups is 1. The van der Waals surface area contributed by atoms with Crippen LogP contribution in [0.1, 0.15) is 16.8 Å². The zero-order valence-corrected chi connectivity index (χ0v) is 12.5. The summed E-state index contributed by atoms with van der Waals surface area (Å²) in [6.45, 7) is 0.111. The Bertz CT molecular complexity index is 703. The number of aliphatic hydroxyl groups is 1. The summed E-state index contributed by atoms with van der Waals surface area (Å²) < 4.78 is 0. The van der Waals surface area contributed by atoms with Gasteiger partial charge in [0.05, 0.1) is 6.20 Å². The molecule has 0 unspecified atom stereocenters. The van der Waals surface area contributed by atoms with Crippen LogP contribution in [-0.4, -0.2) is 33.6 Å². The molecule has 1 aliphatic rings. The number of aliphatic hydroxyl groups excluding tert-OH is 1. The van der Waals surface area contributed by atoms with Gasteiger partial charge in [-0.05, 0) is 24.6 Å². The van der Waals surface area contributed by atoms with Gasteiger partial charge in [0.2, 0.25) is 0 Å². The van der Waals surface area contributed by atoms with E-state index in [9.17, 15) is 4.79 Å². The first-order valence-electron chi connectivity index (χ1n) is 7.48. The number of rotatable bonds is 5. The molecular formula is C17H18N4O2. The highest BCUT2D eigenvalue weighted by Gasteiger charge is 2.20. The molecule has 1 amide bonds. The largest absolute Gasteiger partial charge is 0.396 e. The van der Waals surface area contributed by atoms with Gasteiger partial charge in [-0.25, -0.2) is 4.98 Å². The molecule has 1 heterocycles. The second-order valence-corrected chi connectivity index (χ2v) is 5.44. The summed E-state index contributed by atoms with van der Waals surface area (Å²) in [5.74, 6) is 0.612. The van der Waals surface area contributed by atoms with Gasteiger partial charge >= 0.3 is 0 Å². The first-order chi connectivity index (χ1) is 11.2. The Morgan fingerprint density at radius 3 is 2.96 bits per heavy atom. The van der Waals surface area contributed by atoms with Crippen molar-refractivity contribution in [2.75, 3.05) is 11.9 Å². The van der Waals surface area contributed by atoms with Crippen molar-refractivity contribution in [3.63, 3.8) is 0 Å². The summed E-state index contributed by atoms with van der Waals surface area (Å²) in [6, 6.07) is 7.18. The first kappa shape index (κ1) is 15.2. The lowest BCUT2D eigenvalue weighted by molar-refractivity contribution is 0.0941. The predicted octanol–water partition coefficient (Wildman–Crippen LogP) is 1.89. The summed E-state index contributed by atoms with van der Waals surface area (Å²) in [7, 11) is 0. The van der Waals surface area contributed by atoms with Crippen molar-refractivity contribution >= 4 is 17.4 Å². The smallest absolute Gasteiger partial charge is 0.251 e. The minimum Gasteiger partial charge on any atom is -0.396 e. The number of anilines is 2. The lowest BCUT2D eigenvalue weighted by Gasteiger charge is -2.13. The molecule has 118 valence electrons. The van der Waals surface area contributed by atoms with Crippen molar-refractivity contribution in [1.29, 1.82) is 0 Å². The maximum atomic E-state index is 12.3. The summed E-state index contributed by atoms with van der Waals surface area (Å²) in [5, 5.41) is 15.2. The molecule has 0 spiro atoms. The normalized spacial score (nSPS) is 19.5. The van der Waals surface area contributed by atoms with Gasteiger partial charge in [-0.3, -0.25) is 9.78 Å². The highest BCUT2D eigenvalue weighted by atomic mass is 16.3. The van der Waals surface area contributed by atoms with E-state index in [1.54, 1.807) is 30.7 Å². The molecule has 0 aliphatic heterocycles. The van der Waals surface area contributed by atoms with Crippen molar-refractivity contribution in [2.45, 2.75) is 12.5 Å². The topological polar surface area (TPSA) is 87.1 Å². The molecule has 23 heavy (non-hydrogen) atoms. The Labute approximate surface area is 134 Å². The predicted molar refractivity (Wildman–Crippen MR) is 87.3 cm³/mol. The third-order valence-corrected chi connectivity index (χ3v) is 3.68. The van der Waals surface area contributed by atoms with Crippen LogP contribution < -0.4 is 10.6 Å². The van der Waals surface area contributed by atoms with Crippen LogP contribution in [0, 0.1) is 5.92 Å². The van der Waals surface area contributed by atoms with Crippen LogP contribution in [0.5, 0.6) is 0 Å². The second kappa shape index (κ2) is 7.02. The lowest BCUT2D eigenvalue weighted by atomic mass is 10.1. The molecular weight excluding hydrogens is 292 g/mol. The molecule has 6 heteroatoms. The van der Waals surface area contributed by atoms with E-state index >= 15 is 0 Å². The SMILES string of the molecule is O=C(N[C@@H]1C=C[C@H](CO)C1)c1cccc(Nc2cnccn2)c1. The molecule has 3 N–H and O–H groups in total. The van der Waals surface area contributed by atoms with Crippen LogP contribution in [0.2, 0.25) is 0 Å². The summed E-state index contributed by atoms with van der Waals surface area (Å²) in [6.07, 6.45) is 9.43. The minimum atomic E-state index is -0.138. The third-order valence-electron chi connectivity index (χ3n) is 3.68. The molecule has 3 rings (SSSR count). The van der Waals surface area contributed by atoms with Crippen molar-refractivity contribution in [1.82, 2.24) is 15.3 Å². The molecule has 1 aromatic carbocycles. The number of hydrogen-bond donors (Lipinski definition) is 3. The second-order valence-electron chi connectivity index (χ2n) is 5.44. The fourth-order valence-corrected chi connectivity index (χ4v) is 2.52. The molecule has 1 aromatic heterocycles. The quantitative estimate of drug-likeness (QED) is 0.734. The number of nitrogens with one attached hydrogen (secondary N) is 2.